The van der Waals surface area contributed by atoms with Crippen LogP contribution in [0.1, 0.15) is 112 Å². The number of rotatable bonds is 0. The Labute approximate surface area is 233 Å². The molecule has 0 bridgehead atoms. The van der Waals surface area contributed by atoms with Crippen molar-refractivity contribution in [3.05, 3.63) is 21.3 Å². The molecule has 0 aliphatic heterocycles. The maximum atomic E-state index is 4.49. The van der Waals surface area contributed by atoms with E-state index in [4.69, 9.17) is 0 Å². The van der Waals surface area contributed by atoms with Crippen LogP contribution >= 0.6 is 19.1 Å². The molecule has 0 amide bonds. The molecule has 32 heavy (non-hydrogen) atoms. The van der Waals surface area contributed by atoms with E-state index >= 15 is 0 Å². The van der Waals surface area contributed by atoms with E-state index in [2.05, 4.69) is 103 Å². The Balaban J connectivity index is 0. The Morgan fingerprint density at radius 3 is 1.53 bits per heavy atom. The van der Waals surface area contributed by atoms with E-state index in [-0.39, 0.29) is 14.9 Å². The molecule has 3 unspecified atom stereocenters. The second-order valence-corrected chi connectivity index (χ2v) is 12.3. The SMILES string of the molecule is CC(C)(C)C1CCC2C[CH]CCC21.CC(C)(C)[C@@H]1CC[C@H]2CCCC[C@H]21.[CH3-].[CH3-].[Cl][Pd+].[Cl][Pd+]. The molecule has 0 nitrogen and oxygen atoms in total. The zero-order chi connectivity index (χ0) is 22.9. The quantitative estimate of drug-likeness (QED) is 0.177. The van der Waals surface area contributed by atoms with Gasteiger partial charge in [0.1, 0.15) is 0 Å². The van der Waals surface area contributed by atoms with Crippen molar-refractivity contribution in [3.8, 4) is 0 Å². The molecule has 0 aromatic heterocycles. The van der Waals surface area contributed by atoms with Gasteiger partial charge in [0.15, 0.2) is 0 Å². The van der Waals surface area contributed by atoms with E-state index in [9.17, 15) is 0 Å². The van der Waals surface area contributed by atoms with Crippen LogP contribution in [0.4, 0.5) is 0 Å². The van der Waals surface area contributed by atoms with Crippen LogP contribution in [0.15, 0.2) is 0 Å². The van der Waals surface area contributed by atoms with Gasteiger partial charge in [-0.3, -0.25) is 0 Å². The molecule has 4 aliphatic carbocycles. The summed E-state index contributed by atoms with van der Waals surface area (Å²) >= 11 is 4.44. The zero-order valence-electron chi connectivity index (χ0n) is 22.2. The first-order valence-corrected chi connectivity index (χ1v) is 16.2. The maximum absolute atomic E-state index is 4.49. The fraction of sp³-hybridized carbons (Fsp3) is 0.893. The van der Waals surface area contributed by atoms with E-state index in [1.807, 2.05) is 0 Å². The fourth-order valence-corrected chi connectivity index (χ4v) is 7.40. The van der Waals surface area contributed by atoms with Gasteiger partial charge in [-0.15, -0.1) is 0 Å². The minimum absolute atomic E-state index is 0. The molecule has 199 valence electrons. The molecule has 4 heteroatoms. The van der Waals surface area contributed by atoms with Gasteiger partial charge < -0.3 is 14.9 Å². The average molecular weight is 673 g/mol. The molecule has 0 saturated heterocycles. The van der Waals surface area contributed by atoms with Gasteiger partial charge in [0, 0.05) is 0 Å². The van der Waals surface area contributed by atoms with Crippen molar-refractivity contribution in [3.63, 3.8) is 0 Å². The number of fused-ring (bicyclic) bond motifs is 2. The van der Waals surface area contributed by atoms with Gasteiger partial charge in [0.2, 0.25) is 0 Å². The normalized spacial score (nSPS) is 33.2. The predicted molar refractivity (Wildman–Crippen MR) is 139 cm³/mol. The first-order chi connectivity index (χ1) is 14.2. The van der Waals surface area contributed by atoms with Gasteiger partial charge in [-0.1, -0.05) is 60.8 Å². The summed E-state index contributed by atoms with van der Waals surface area (Å²) in [5.74, 6) is 6.35. The van der Waals surface area contributed by atoms with Crippen LogP contribution in [-0.2, 0) is 36.4 Å². The van der Waals surface area contributed by atoms with Crippen LogP contribution in [0.5, 0.6) is 0 Å². The summed E-state index contributed by atoms with van der Waals surface area (Å²) in [6.07, 6.45) is 18.9. The van der Waals surface area contributed by atoms with Crippen LogP contribution in [0.2, 0.25) is 0 Å². The van der Waals surface area contributed by atoms with Crippen molar-refractivity contribution in [1.29, 1.82) is 0 Å². The van der Waals surface area contributed by atoms with E-state index in [1.54, 1.807) is 0 Å². The molecule has 6 atom stereocenters. The minimum atomic E-state index is 0. The molecule has 4 fully saturated rings. The summed E-state index contributed by atoms with van der Waals surface area (Å²) in [5.41, 5.74) is 1.12. The van der Waals surface area contributed by atoms with Gasteiger partial charge in [-0.05, 0) is 104 Å². The molecule has 4 aliphatic rings. The summed E-state index contributed by atoms with van der Waals surface area (Å²) in [4.78, 5) is 0. The summed E-state index contributed by atoms with van der Waals surface area (Å²) in [7, 11) is 8.98. The number of hydrogen-bond donors (Lipinski definition) is 0. The van der Waals surface area contributed by atoms with Crippen LogP contribution in [0, 0.1) is 67.6 Å². The molecular weight excluding hydrogens is 620 g/mol. The Morgan fingerprint density at radius 2 is 1.03 bits per heavy atom. The Kier molecular flexibility index (Phi) is 19.6. The van der Waals surface area contributed by atoms with Crippen molar-refractivity contribution in [2.45, 2.75) is 112 Å². The first kappa shape index (κ1) is 36.1. The third-order valence-electron chi connectivity index (χ3n) is 8.70. The standard InChI is InChI=1S/C13H24.C13H23.2CH3.2ClH.2Pd/c2*1-13(2,3)12-9-8-10-6-4-5-7-11(10)12;;;;;;/h10-12H,4-9H2,1-3H3;4,10-12H,5-9H2,1-3H3;2*1H3;2*1H;;/q;;2*-1;;;2*+2/p-2/t10-,11-,12-;;;;;;;/m1......./s1. The van der Waals surface area contributed by atoms with Crippen LogP contribution < -0.4 is 0 Å². The van der Waals surface area contributed by atoms with Crippen LogP contribution in [-0.4, -0.2) is 0 Å². The van der Waals surface area contributed by atoms with E-state index in [1.165, 1.54) is 70.6 Å². The molecule has 4 saturated carbocycles. The Bertz CT molecular complexity index is 413. The molecule has 1 radical (unpaired) electrons. The molecular formula is C28H53Cl2Pd2. The van der Waals surface area contributed by atoms with E-state index < -0.39 is 0 Å². The van der Waals surface area contributed by atoms with Crippen molar-refractivity contribution < 1.29 is 36.4 Å². The number of hydrogen-bond acceptors (Lipinski definition) is 0. The van der Waals surface area contributed by atoms with Crippen molar-refractivity contribution >= 4 is 19.1 Å². The van der Waals surface area contributed by atoms with Crippen LogP contribution in [0.3, 0.4) is 0 Å². The fourth-order valence-electron chi connectivity index (χ4n) is 7.40. The third kappa shape index (κ3) is 10.5. The monoisotopic (exact) mass is 671 g/mol. The summed E-state index contributed by atoms with van der Waals surface area (Å²) < 4.78 is 0. The zero-order valence-corrected chi connectivity index (χ0v) is 26.8. The number of halogens is 2. The van der Waals surface area contributed by atoms with Gasteiger partial charge >= 0.3 is 55.4 Å². The van der Waals surface area contributed by atoms with E-state index in [0.717, 1.165) is 35.5 Å². The van der Waals surface area contributed by atoms with E-state index in [0.29, 0.717) is 10.8 Å². The summed E-state index contributed by atoms with van der Waals surface area (Å²) in [5, 5.41) is 0. The third-order valence-corrected chi connectivity index (χ3v) is 8.70. The Hall–Kier alpha value is 1.90. The molecule has 0 heterocycles. The second kappa shape index (κ2) is 17.4. The first-order valence-electron chi connectivity index (χ1n) is 12.2. The molecule has 0 spiro atoms. The van der Waals surface area contributed by atoms with Crippen molar-refractivity contribution in [2.24, 2.45) is 46.3 Å². The van der Waals surface area contributed by atoms with Crippen molar-refractivity contribution in [2.75, 3.05) is 0 Å². The van der Waals surface area contributed by atoms with Gasteiger partial charge in [-0.25, -0.2) is 0 Å². The van der Waals surface area contributed by atoms with Gasteiger partial charge in [-0.2, -0.15) is 0 Å². The average Bonchev–Trinajstić information content (AvgIpc) is 3.35. The molecule has 0 N–H and O–H groups in total. The van der Waals surface area contributed by atoms with Gasteiger partial charge in [0.25, 0.3) is 0 Å². The predicted octanol–water partition coefficient (Wildman–Crippen LogP) is 10.6. The topological polar surface area (TPSA) is 0 Å². The summed E-state index contributed by atoms with van der Waals surface area (Å²) in [6.45, 7) is 14.6. The van der Waals surface area contributed by atoms with Crippen LogP contribution in [0.25, 0.3) is 0 Å². The Morgan fingerprint density at radius 1 is 0.594 bits per heavy atom. The molecule has 0 aromatic carbocycles. The molecule has 0 aromatic rings. The van der Waals surface area contributed by atoms with Crippen molar-refractivity contribution in [1.82, 2.24) is 0 Å². The summed E-state index contributed by atoms with van der Waals surface area (Å²) in [6, 6.07) is 0. The second-order valence-electron chi connectivity index (χ2n) is 12.3. The van der Waals surface area contributed by atoms with Gasteiger partial charge in [0.05, 0.1) is 0 Å². The molecule has 4 rings (SSSR count).